The second kappa shape index (κ2) is 8.24. The van der Waals surface area contributed by atoms with Gasteiger partial charge in [0.1, 0.15) is 0 Å². The van der Waals surface area contributed by atoms with Gasteiger partial charge in [-0.05, 0) is 20.8 Å². The Kier molecular flexibility index (Phi) is 6.06. The number of aryl methyl sites for hydroxylation is 2. The summed E-state index contributed by atoms with van der Waals surface area (Å²) in [7, 11) is 0. The van der Waals surface area contributed by atoms with Gasteiger partial charge in [-0.3, -0.25) is 9.59 Å². The molecule has 0 radical (unpaired) electrons. The fourth-order valence-electron chi connectivity index (χ4n) is 2.04. The van der Waals surface area contributed by atoms with Crippen molar-refractivity contribution in [2.45, 2.75) is 39.7 Å². The molecule has 0 spiro atoms. The first-order chi connectivity index (χ1) is 11.4. The first kappa shape index (κ1) is 17.7. The van der Waals surface area contributed by atoms with Gasteiger partial charge in [-0.25, -0.2) is 0 Å². The SMILES string of the molecule is Cc1ccc(-c2noc(CCC(=O)NCC(=O)NC(C)C)n2)cc1. The Bertz CT molecular complexity index is 692. The van der Waals surface area contributed by atoms with Gasteiger partial charge in [0, 0.05) is 24.4 Å². The maximum atomic E-state index is 11.7. The summed E-state index contributed by atoms with van der Waals surface area (Å²) >= 11 is 0. The summed E-state index contributed by atoms with van der Waals surface area (Å²) in [5, 5.41) is 9.18. The summed E-state index contributed by atoms with van der Waals surface area (Å²) in [4.78, 5) is 27.5. The van der Waals surface area contributed by atoms with E-state index in [-0.39, 0.29) is 30.8 Å². The average Bonchev–Trinajstić information content (AvgIpc) is 3.00. The third-order valence-electron chi connectivity index (χ3n) is 3.24. The molecule has 0 saturated heterocycles. The van der Waals surface area contributed by atoms with E-state index >= 15 is 0 Å². The van der Waals surface area contributed by atoms with Crippen molar-refractivity contribution in [2.75, 3.05) is 6.54 Å². The molecule has 2 rings (SSSR count). The molecule has 7 nitrogen and oxygen atoms in total. The standard InChI is InChI=1S/C17H22N4O3/c1-11(2)19-15(23)10-18-14(22)8-9-16-20-17(21-24-16)13-6-4-12(3)5-7-13/h4-7,11H,8-10H2,1-3H3,(H,18,22)(H,19,23). The number of hydrogen-bond donors (Lipinski definition) is 2. The van der Waals surface area contributed by atoms with E-state index in [1.54, 1.807) is 0 Å². The number of nitrogens with one attached hydrogen (secondary N) is 2. The summed E-state index contributed by atoms with van der Waals surface area (Å²) in [6, 6.07) is 7.84. The molecule has 1 heterocycles. The third kappa shape index (κ3) is 5.49. The van der Waals surface area contributed by atoms with Crippen molar-refractivity contribution in [3.05, 3.63) is 35.7 Å². The van der Waals surface area contributed by atoms with Gasteiger partial charge in [0.25, 0.3) is 0 Å². The van der Waals surface area contributed by atoms with Crippen molar-refractivity contribution >= 4 is 11.8 Å². The first-order valence-electron chi connectivity index (χ1n) is 7.89. The summed E-state index contributed by atoms with van der Waals surface area (Å²) < 4.78 is 5.16. The molecule has 2 N–H and O–H groups in total. The highest BCUT2D eigenvalue weighted by Crippen LogP contribution is 2.16. The van der Waals surface area contributed by atoms with E-state index in [2.05, 4.69) is 20.8 Å². The van der Waals surface area contributed by atoms with E-state index in [4.69, 9.17) is 4.52 Å². The van der Waals surface area contributed by atoms with Crippen molar-refractivity contribution in [3.63, 3.8) is 0 Å². The monoisotopic (exact) mass is 330 g/mol. The van der Waals surface area contributed by atoms with Crippen molar-refractivity contribution in [1.29, 1.82) is 0 Å². The van der Waals surface area contributed by atoms with Gasteiger partial charge in [-0.15, -0.1) is 0 Å². The Balaban J connectivity index is 1.79. The van der Waals surface area contributed by atoms with Crippen LogP contribution in [0, 0.1) is 6.92 Å². The van der Waals surface area contributed by atoms with Crippen molar-refractivity contribution in [3.8, 4) is 11.4 Å². The Morgan fingerprint density at radius 3 is 2.54 bits per heavy atom. The van der Waals surface area contributed by atoms with Gasteiger partial charge < -0.3 is 15.2 Å². The molecule has 1 aromatic heterocycles. The van der Waals surface area contributed by atoms with E-state index in [9.17, 15) is 9.59 Å². The smallest absolute Gasteiger partial charge is 0.239 e. The molecule has 2 amide bonds. The van der Waals surface area contributed by atoms with Gasteiger partial charge in [-0.2, -0.15) is 4.98 Å². The average molecular weight is 330 g/mol. The fraction of sp³-hybridized carbons (Fsp3) is 0.412. The minimum atomic E-state index is -0.232. The predicted octanol–water partition coefficient (Wildman–Crippen LogP) is 1.62. The number of nitrogens with zero attached hydrogens (tertiary/aromatic N) is 2. The molecule has 0 aliphatic rings. The Hall–Kier alpha value is -2.70. The second-order valence-corrected chi connectivity index (χ2v) is 5.88. The molecule has 0 saturated carbocycles. The molecule has 128 valence electrons. The summed E-state index contributed by atoms with van der Waals surface area (Å²) in [6.07, 6.45) is 0.515. The summed E-state index contributed by atoms with van der Waals surface area (Å²) in [5.41, 5.74) is 2.02. The lowest BCUT2D eigenvalue weighted by molar-refractivity contribution is -0.126. The van der Waals surface area contributed by atoms with Crippen LogP contribution in [0.2, 0.25) is 0 Å². The highest BCUT2D eigenvalue weighted by Gasteiger charge is 2.11. The summed E-state index contributed by atoms with van der Waals surface area (Å²) in [6.45, 7) is 5.70. The lowest BCUT2D eigenvalue weighted by Gasteiger charge is -2.08. The number of aromatic nitrogens is 2. The predicted molar refractivity (Wildman–Crippen MR) is 89.1 cm³/mol. The number of rotatable bonds is 7. The zero-order valence-electron chi connectivity index (χ0n) is 14.1. The van der Waals surface area contributed by atoms with Crippen LogP contribution in [-0.2, 0) is 16.0 Å². The molecule has 1 aromatic carbocycles. The maximum Gasteiger partial charge on any atom is 0.239 e. The number of carbonyl (C=O) groups excluding carboxylic acids is 2. The topological polar surface area (TPSA) is 97.1 Å². The van der Waals surface area contributed by atoms with Crippen LogP contribution in [0.3, 0.4) is 0 Å². The van der Waals surface area contributed by atoms with Crippen molar-refractivity contribution in [1.82, 2.24) is 20.8 Å². The zero-order chi connectivity index (χ0) is 17.5. The normalized spacial score (nSPS) is 10.7. The number of hydrogen-bond acceptors (Lipinski definition) is 5. The van der Waals surface area contributed by atoms with Crippen LogP contribution in [0.1, 0.15) is 31.7 Å². The largest absolute Gasteiger partial charge is 0.352 e. The fourth-order valence-corrected chi connectivity index (χ4v) is 2.04. The lowest BCUT2D eigenvalue weighted by atomic mass is 10.1. The molecule has 2 aromatic rings. The van der Waals surface area contributed by atoms with E-state index in [0.717, 1.165) is 11.1 Å². The van der Waals surface area contributed by atoms with E-state index in [0.29, 0.717) is 18.1 Å². The molecule has 7 heteroatoms. The zero-order valence-corrected chi connectivity index (χ0v) is 14.1. The number of carbonyl (C=O) groups is 2. The molecule has 0 aliphatic carbocycles. The molecule has 0 aliphatic heterocycles. The Morgan fingerprint density at radius 1 is 1.17 bits per heavy atom. The van der Waals surface area contributed by atoms with Gasteiger partial charge in [0.05, 0.1) is 6.54 Å². The first-order valence-corrected chi connectivity index (χ1v) is 7.89. The van der Waals surface area contributed by atoms with Crippen LogP contribution in [0.25, 0.3) is 11.4 Å². The maximum absolute atomic E-state index is 11.7. The quantitative estimate of drug-likeness (QED) is 0.804. The second-order valence-electron chi connectivity index (χ2n) is 5.88. The Labute approximate surface area is 140 Å². The van der Waals surface area contributed by atoms with E-state index in [1.165, 1.54) is 0 Å². The molecular weight excluding hydrogens is 308 g/mol. The van der Waals surface area contributed by atoms with Crippen molar-refractivity contribution in [2.24, 2.45) is 0 Å². The van der Waals surface area contributed by atoms with Crippen LogP contribution < -0.4 is 10.6 Å². The summed E-state index contributed by atoms with van der Waals surface area (Å²) in [5.74, 6) is 0.455. The van der Waals surface area contributed by atoms with Crippen molar-refractivity contribution < 1.29 is 14.1 Å². The number of amides is 2. The van der Waals surface area contributed by atoms with Crippen LogP contribution in [0.4, 0.5) is 0 Å². The molecule has 0 unspecified atom stereocenters. The molecular formula is C17H22N4O3. The minimum Gasteiger partial charge on any atom is -0.352 e. The highest BCUT2D eigenvalue weighted by atomic mass is 16.5. The van der Waals surface area contributed by atoms with Crippen LogP contribution in [-0.4, -0.2) is 34.5 Å². The molecule has 0 atom stereocenters. The van der Waals surface area contributed by atoms with Gasteiger partial charge in [0.15, 0.2) is 0 Å². The van der Waals surface area contributed by atoms with E-state index < -0.39 is 0 Å². The van der Waals surface area contributed by atoms with Gasteiger partial charge >= 0.3 is 0 Å². The number of benzene rings is 1. The Morgan fingerprint density at radius 2 is 1.88 bits per heavy atom. The van der Waals surface area contributed by atoms with Crippen LogP contribution in [0.5, 0.6) is 0 Å². The molecule has 0 bridgehead atoms. The van der Waals surface area contributed by atoms with Gasteiger partial charge in [0.2, 0.25) is 23.5 Å². The minimum absolute atomic E-state index is 0.0323. The lowest BCUT2D eigenvalue weighted by Crippen LogP contribution is -2.39. The van der Waals surface area contributed by atoms with Gasteiger partial charge in [-0.1, -0.05) is 35.0 Å². The molecule has 0 fully saturated rings. The third-order valence-corrected chi connectivity index (χ3v) is 3.24. The molecule has 24 heavy (non-hydrogen) atoms. The highest BCUT2D eigenvalue weighted by molar-refractivity contribution is 5.84. The van der Waals surface area contributed by atoms with E-state index in [1.807, 2.05) is 45.0 Å². The van der Waals surface area contributed by atoms with Crippen LogP contribution >= 0.6 is 0 Å². The van der Waals surface area contributed by atoms with Crippen LogP contribution in [0.15, 0.2) is 28.8 Å².